The third-order valence-electron chi connectivity index (χ3n) is 16.6. The van der Waals surface area contributed by atoms with Gasteiger partial charge >= 0.3 is 7.12 Å². The minimum atomic E-state index is -1.40. The smallest absolute Gasteiger partial charge is 0.489 e. The fourth-order valence-corrected chi connectivity index (χ4v) is 12.2. The second kappa shape index (κ2) is 33.4. The number of H-pyrrole nitrogens is 1. The maximum absolute atomic E-state index is 10.1. The van der Waals surface area contributed by atoms with Crippen molar-refractivity contribution in [1.82, 2.24) is 38.7 Å². The standard InChI is InChI=1S/C32H21N3.C22H14BrN3.C10H9BO2.C8H6.C7H5BrO.C7H7N3.HI/c1-2-10-25(11-3-1)31-21-29(34-32-33-28-15-6-7-16-30(28)35(31)32)24-19-17-23(18-20-24)27-14-8-12-22-9-4-5-13-26(22)27;23-17-12-10-15(11-13-17)19-14-21(16-6-2-1-3-7-16)26-20-9-5-4-8-18(20)24-22(26)25-19;12-11(13)10-7-3-5-8-4-1-2-6-9(8)10;1-2-8-6-4-3-5-7-8;8-7-3-1-6(5-9)2-4-7;8-7-9-5-3-1-2-4-6(5)10-7;/h1-21H;1-14H;1-7,12-13H;1,3-7H;1-5H;1-4H,(H3,8,9,10);1H/p-1. The molecule has 16 heteroatoms. The number of aromatic nitrogens is 8. The predicted octanol–water partition coefficient (Wildman–Crippen LogP) is 16.6. The van der Waals surface area contributed by atoms with E-state index in [0.717, 1.165) is 110 Å². The van der Waals surface area contributed by atoms with E-state index in [4.69, 9.17) is 42.1 Å². The number of nitrogens with two attached hydrogens (primary N) is 1. The molecule has 5 aromatic heterocycles. The van der Waals surface area contributed by atoms with Crippen LogP contribution in [0.1, 0.15) is 15.9 Å². The first-order valence-corrected chi connectivity index (χ1v) is 33.9. The highest BCUT2D eigenvalue weighted by Gasteiger charge is 2.17. The number of nitrogen functional groups attached to an aromatic ring is 1. The van der Waals surface area contributed by atoms with Crippen molar-refractivity contribution in [2.24, 2.45) is 0 Å². The van der Waals surface area contributed by atoms with Crippen LogP contribution < -0.4 is 35.2 Å². The van der Waals surface area contributed by atoms with Crippen LogP contribution in [0.3, 0.4) is 0 Å². The second-order valence-electron chi connectivity index (χ2n) is 23.1. The molecule has 0 unspecified atom stereocenters. The van der Waals surface area contributed by atoms with Gasteiger partial charge in [-0.05, 0) is 134 Å². The minimum absolute atomic E-state index is 0. The lowest BCUT2D eigenvalue weighted by atomic mass is 9.77. The van der Waals surface area contributed by atoms with E-state index in [0.29, 0.717) is 28.5 Å². The van der Waals surface area contributed by atoms with Gasteiger partial charge in [-0.15, -0.1) is 6.42 Å². The zero-order valence-corrected chi connectivity index (χ0v) is 60.0. The number of para-hydroxylation sites is 6. The first-order valence-electron chi connectivity index (χ1n) is 32.3. The molecule has 18 aromatic rings. The Hall–Kier alpha value is -11.7. The van der Waals surface area contributed by atoms with Crippen molar-refractivity contribution in [3.8, 4) is 68.5 Å². The highest BCUT2D eigenvalue weighted by Crippen LogP contribution is 2.34. The fourth-order valence-electron chi connectivity index (χ4n) is 11.7. The summed E-state index contributed by atoms with van der Waals surface area (Å²) < 4.78 is 6.33. The maximum Gasteiger partial charge on any atom is 0.489 e. The Morgan fingerprint density at radius 2 is 0.843 bits per heavy atom. The lowest BCUT2D eigenvalue weighted by Gasteiger charge is -2.11. The van der Waals surface area contributed by atoms with Crippen molar-refractivity contribution < 1.29 is 38.8 Å². The predicted molar refractivity (Wildman–Crippen MR) is 422 cm³/mol. The minimum Gasteiger partial charge on any atom is -1.00 e. The molecule has 5 N–H and O–H groups in total. The van der Waals surface area contributed by atoms with Crippen LogP contribution in [0, 0.1) is 12.3 Å². The van der Waals surface area contributed by atoms with Gasteiger partial charge in [-0.1, -0.05) is 287 Å². The van der Waals surface area contributed by atoms with Crippen LogP contribution >= 0.6 is 31.9 Å². The topological polar surface area (TPSA) is 173 Å². The van der Waals surface area contributed by atoms with Gasteiger partial charge in [-0.25, -0.2) is 24.9 Å². The molecule has 5 heterocycles. The van der Waals surface area contributed by atoms with Crippen molar-refractivity contribution in [3.63, 3.8) is 0 Å². The van der Waals surface area contributed by atoms with Crippen LogP contribution in [0.4, 0.5) is 5.95 Å². The Labute approximate surface area is 623 Å². The number of fused-ring (bicyclic) bond motifs is 9. The van der Waals surface area contributed by atoms with Gasteiger partial charge in [-0.3, -0.25) is 13.6 Å². The van der Waals surface area contributed by atoms with E-state index in [1.54, 1.807) is 18.2 Å². The number of nitrogens with one attached hydrogen (secondary N) is 1. The van der Waals surface area contributed by atoms with E-state index in [1.165, 1.54) is 21.9 Å². The summed E-state index contributed by atoms with van der Waals surface area (Å²) in [6, 6.07) is 111. The van der Waals surface area contributed by atoms with E-state index in [-0.39, 0.29) is 24.0 Å². The number of nitrogens with zero attached hydrogens (tertiary/aromatic N) is 7. The lowest BCUT2D eigenvalue weighted by molar-refractivity contribution is -0.0000283. The quantitative estimate of drug-likeness (QED) is 0.0524. The number of terminal acetylenes is 1. The number of hydrogen-bond acceptors (Lipinski definition) is 9. The average molecular weight is 1570 g/mol. The molecule has 0 saturated carbocycles. The fraction of sp³-hybridized carbons (Fsp3) is 0. The summed E-state index contributed by atoms with van der Waals surface area (Å²) in [4.78, 5) is 36.5. The van der Waals surface area contributed by atoms with Gasteiger partial charge in [0.05, 0.1) is 55.9 Å². The maximum atomic E-state index is 10.1. The van der Waals surface area contributed by atoms with E-state index >= 15 is 0 Å². The number of halogens is 3. The third kappa shape index (κ3) is 16.6. The second-order valence-corrected chi connectivity index (χ2v) is 25.0. The zero-order chi connectivity index (χ0) is 69.4. The molecule has 0 spiro atoms. The van der Waals surface area contributed by atoms with E-state index in [2.05, 4.69) is 208 Å². The number of anilines is 1. The Balaban J connectivity index is 0.000000127. The van der Waals surface area contributed by atoms with Gasteiger partial charge < -0.3 is 44.7 Å². The van der Waals surface area contributed by atoms with Gasteiger partial charge in [0.2, 0.25) is 11.6 Å². The van der Waals surface area contributed by atoms with Crippen LogP contribution in [0.5, 0.6) is 0 Å². The van der Waals surface area contributed by atoms with Crippen LogP contribution in [-0.4, -0.2) is 62.2 Å². The first-order chi connectivity index (χ1) is 49.5. The van der Waals surface area contributed by atoms with Crippen molar-refractivity contribution in [2.45, 2.75) is 0 Å². The summed E-state index contributed by atoms with van der Waals surface area (Å²) in [6.45, 7) is 0. The largest absolute Gasteiger partial charge is 1.00 e. The average Bonchev–Trinajstić information content (AvgIpc) is 1.59. The molecule has 12 nitrogen and oxygen atoms in total. The number of carbonyl (C=O) groups excluding carboxylic acids is 1. The van der Waals surface area contributed by atoms with E-state index < -0.39 is 7.12 Å². The summed E-state index contributed by atoms with van der Waals surface area (Å²) in [7, 11) is -1.40. The SMILES string of the molecule is Brc1ccc(-c2cc(-c3ccccc3)n3c(n2)nc2ccccc23)cc1.C#Cc1ccccc1.Nc1nc2ccccc2[nH]1.O=Cc1ccc(Br)cc1.OB(O)c1cccc2ccccc12.[I-].c1ccc(-c2cc(-c3ccc(-c4cccc5ccccc45)cc3)nc3nc4ccccc4n23)cc1. The third-order valence-corrected chi connectivity index (χ3v) is 17.6. The molecule has 0 amide bonds. The van der Waals surface area contributed by atoms with Crippen LogP contribution in [0.25, 0.3) is 122 Å². The highest BCUT2D eigenvalue weighted by molar-refractivity contribution is 9.10. The molecule has 13 aromatic carbocycles. The van der Waals surface area contributed by atoms with Crippen molar-refractivity contribution in [3.05, 3.63) is 354 Å². The Kier molecular flexibility index (Phi) is 23.0. The van der Waals surface area contributed by atoms with Gasteiger partial charge in [0.1, 0.15) is 6.29 Å². The van der Waals surface area contributed by atoms with Gasteiger partial charge in [-0.2, -0.15) is 0 Å². The number of imidazole rings is 3. The van der Waals surface area contributed by atoms with Crippen molar-refractivity contribution in [1.29, 1.82) is 0 Å². The van der Waals surface area contributed by atoms with Gasteiger partial charge in [0.25, 0.3) is 0 Å². The molecule has 0 fully saturated rings. The molecule has 0 atom stereocenters. The zero-order valence-electron chi connectivity index (χ0n) is 54.6. The van der Waals surface area contributed by atoms with Crippen molar-refractivity contribution >= 4 is 123 Å². The molecular formula is C86H62BBr2IN9O3-. The Morgan fingerprint density at radius 3 is 1.35 bits per heavy atom. The molecule has 0 bridgehead atoms. The van der Waals surface area contributed by atoms with Crippen molar-refractivity contribution in [2.75, 3.05) is 5.73 Å². The number of rotatable bonds is 7. The molecule has 102 heavy (non-hydrogen) atoms. The molecule has 494 valence electrons. The number of aromatic amines is 1. The molecule has 0 saturated heterocycles. The number of carbonyl (C=O) groups is 1. The summed E-state index contributed by atoms with van der Waals surface area (Å²) >= 11 is 6.75. The van der Waals surface area contributed by atoms with Gasteiger partial charge in [0.15, 0.2) is 5.95 Å². The van der Waals surface area contributed by atoms with Crippen LogP contribution in [0.15, 0.2) is 343 Å². The molecule has 0 aliphatic carbocycles. The summed E-state index contributed by atoms with van der Waals surface area (Å²) in [5.41, 5.74) is 24.4. The highest BCUT2D eigenvalue weighted by atomic mass is 127. The number of benzene rings is 13. The molecule has 0 radical (unpaired) electrons. The Morgan fingerprint density at radius 1 is 0.422 bits per heavy atom. The number of aldehydes is 1. The Bertz CT molecular complexity index is 5860. The first kappa shape index (κ1) is 70.2. The van der Waals surface area contributed by atoms with Gasteiger partial charge in [0, 0.05) is 31.2 Å². The molecule has 0 aliphatic rings. The summed E-state index contributed by atoms with van der Waals surface area (Å²) in [5.74, 6) is 4.42. The lowest BCUT2D eigenvalue weighted by Crippen LogP contribution is -3.00. The van der Waals surface area contributed by atoms with Crippen LogP contribution in [-0.2, 0) is 0 Å². The molecule has 0 aliphatic heterocycles. The summed E-state index contributed by atoms with van der Waals surface area (Å²) in [5, 5.41) is 22.6. The molecular weight excluding hydrogens is 1500 g/mol. The van der Waals surface area contributed by atoms with E-state index in [9.17, 15) is 4.79 Å². The molecule has 18 rings (SSSR count). The van der Waals surface area contributed by atoms with Crippen LogP contribution in [0.2, 0.25) is 0 Å². The summed E-state index contributed by atoms with van der Waals surface area (Å²) in [6.07, 6.45) is 5.93. The monoisotopic (exact) mass is 1560 g/mol. The number of hydrogen-bond donors (Lipinski definition) is 4. The van der Waals surface area contributed by atoms with E-state index in [1.807, 2.05) is 164 Å². The normalized spacial score (nSPS) is 10.5.